The predicted molar refractivity (Wildman–Crippen MR) is 66.9 cm³/mol. The molecule has 98 valence electrons. The van der Waals surface area contributed by atoms with E-state index in [9.17, 15) is 10.1 Å². The lowest BCUT2D eigenvalue weighted by molar-refractivity contribution is -0.385. The average Bonchev–Trinajstić information content (AvgIpc) is 2.81. The molecule has 2 rings (SSSR count). The largest absolute Gasteiger partial charge is 0.471 e. The molecule has 7 nitrogen and oxygen atoms in total. The maximum atomic E-state index is 11.0. The summed E-state index contributed by atoms with van der Waals surface area (Å²) in [6.07, 6.45) is 2.82. The number of nitro benzene ring substituents is 1. The van der Waals surface area contributed by atoms with Gasteiger partial charge in [0.25, 0.3) is 5.69 Å². The molecule has 1 aromatic carbocycles. The minimum absolute atomic E-state index is 0.0322. The fraction of sp³-hybridized carbons (Fsp3) is 0.0833. The molecule has 0 saturated carbocycles. The summed E-state index contributed by atoms with van der Waals surface area (Å²) in [7, 11) is 0. The lowest BCUT2D eigenvalue weighted by atomic mass is 10.1. The number of hydrogen-bond acceptors (Lipinski definition) is 5. The Balaban J connectivity index is 2.27. The third-order valence-corrected chi connectivity index (χ3v) is 2.52. The molecule has 0 aliphatic carbocycles. The van der Waals surface area contributed by atoms with E-state index >= 15 is 0 Å². The normalized spacial score (nSPS) is 10.1. The van der Waals surface area contributed by atoms with Gasteiger partial charge in [0.15, 0.2) is 0 Å². The van der Waals surface area contributed by atoms with Crippen LogP contribution in [0.5, 0.6) is 5.88 Å². The van der Waals surface area contributed by atoms with Crippen molar-refractivity contribution < 1.29 is 14.9 Å². The van der Waals surface area contributed by atoms with Gasteiger partial charge in [0, 0.05) is 12.1 Å². The maximum absolute atomic E-state index is 11.0. The molecule has 2 aromatic rings. The molecule has 0 aliphatic rings. The third kappa shape index (κ3) is 2.71. The maximum Gasteiger partial charge on any atom is 0.276 e. The molecule has 1 heterocycles. The van der Waals surface area contributed by atoms with Gasteiger partial charge >= 0.3 is 0 Å². The second-order valence-electron chi connectivity index (χ2n) is 3.67. The van der Waals surface area contributed by atoms with Gasteiger partial charge < -0.3 is 9.94 Å². The van der Waals surface area contributed by atoms with Crippen LogP contribution in [-0.2, 0) is 6.61 Å². The molecule has 0 aliphatic heterocycles. The topological polar surface area (TPSA) is 90.4 Å². The fourth-order valence-corrected chi connectivity index (χ4v) is 1.63. The highest BCUT2D eigenvalue weighted by Crippen LogP contribution is 2.24. The summed E-state index contributed by atoms with van der Waals surface area (Å²) in [5.74, 6) is 0.177. The lowest BCUT2D eigenvalue weighted by Gasteiger charge is -2.07. The quantitative estimate of drug-likeness (QED) is 0.506. The van der Waals surface area contributed by atoms with E-state index in [4.69, 9.17) is 9.94 Å². The van der Waals surface area contributed by atoms with Crippen molar-refractivity contribution in [3.63, 3.8) is 0 Å². The fourth-order valence-electron chi connectivity index (χ4n) is 1.63. The Morgan fingerprint density at radius 1 is 1.53 bits per heavy atom. The van der Waals surface area contributed by atoms with Gasteiger partial charge in [-0.05, 0) is 5.56 Å². The molecule has 0 unspecified atom stereocenters. The minimum atomic E-state index is -0.476. The second kappa shape index (κ2) is 5.21. The number of benzene rings is 1. The Bertz CT molecular complexity index is 621. The molecule has 0 amide bonds. The van der Waals surface area contributed by atoms with E-state index in [2.05, 4.69) is 11.7 Å². The molecule has 0 spiro atoms. The van der Waals surface area contributed by atoms with Gasteiger partial charge in [-0.3, -0.25) is 10.1 Å². The summed E-state index contributed by atoms with van der Waals surface area (Å²) in [5, 5.41) is 23.6. The van der Waals surface area contributed by atoms with Crippen molar-refractivity contribution in [2.45, 2.75) is 6.61 Å². The standard InChI is InChI=1S/C12H11N3O4/c1-2-9-4-3-5-11(15(17)18)10(9)8-19-12-6-7-14(16)13-12/h2-7,16H,1,8H2. The van der Waals surface area contributed by atoms with E-state index in [0.717, 1.165) is 0 Å². The summed E-state index contributed by atoms with van der Waals surface area (Å²) in [5.41, 5.74) is 0.994. The van der Waals surface area contributed by atoms with Gasteiger partial charge in [0.05, 0.1) is 16.7 Å². The van der Waals surface area contributed by atoms with Gasteiger partial charge in [-0.1, -0.05) is 29.9 Å². The van der Waals surface area contributed by atoms with Crippen molar-refractivity contribution in [1.82, 2.24) is 9.94 Å². The summed E-state index contributed by atoms with van der Waals surface area (Å²) < 4.78 is 5.30. The Labute approximate surface area is 108 Å². The predicted octanol–water partition coefficient (Wildman–Crippen LogP) is 2.25. The van der Waals surface area contributed by atoms with Crippen LogP contribution < -0.4 is 4.74 Å². The molecule has 0 fully saturated rings. The number of nitrogens with zero attached hydrogens (tertiary/aromatic N) is 3. The lowest BCUT2D eigenvalue weighted by Crippen LogP contribution is -2.03. The van der Waals surface area contributed by atoms with Gasteiger partial charge in [0.1, 0.15) is 6.61 Å². The first kappa shape index (κ1) is 12.6. The molecule has 0 radical (unpaired) electrons. The van der Waals surface area contributed by atoms with Crippen molar-refractivity contribution in [2.24, 2.45) is 0 Å². The monoisotopic (exact) mass is 261 g/mol. The van der Waals surface area contributed by atoms with Crippen molar-refractivity contribution >= 4 is 11.8 Å². The van der Waals surface area contributed by atoms with E-state index < -0.39 is 4.92 Å². The third-order valence-electron chi connectivity index (χ3n) is 2.52. The number of aromatic nitrogens is 2. The van der Waals surface area contributed by atoms with Crippen molar-refractivity contribution in [2.75, 3.05) is 0 Å². The Morgan fingerprint density at radius 3 is 2.89 bits per heavy atom. The SMILES string of the molecule is C=Cc1cccc([N+](=O)[O-])c1COc1ccn(O)n1. The van der Waals surface area contributed by atoms with Gasteiger partial charge in [-0.25, -0.2) is 0 Å². The molecule has 7 heteroatoms. The van der Waals surface area contributed by atoms with Crippen LogP contribution in [0.1, 0.15) is 11.1 Å². The van der Waals surface area contributed by atoms with Crippen LogP contribution in [0.3, 0.4) is 0 Å². The molecular formula is C12H11N3O4. The smallest absolute Gasteiger partial charge is 0.276 e. The molecule has 1 N–H and O–H groups in total. The minimum Gasteiger partial charge on any atom is -0.471 e. The molecule has 0 atom stereocenters. The Morgan fingerprint density at radius 2 is 2.32 bits per heavy atom. The first-order valence-corrected chi connectivity index (χ1v) is 5.38. The molecule has 0 bridgehead atoms. The molecular weight excluding hydrogens is 250 g/mol. The highest BCUT2D eigenvalue weighted by Gasteiger charge is 2.17. The molecule has 1 aromatic heterocycles. The van der Waals surface area contributed by atoms with E-state index in [1.807, 2.05) is 0 Å². The van der Waals surface area contributed by atoms with Crippen LogP contribution in [0.15, 0.2) is 37.0 Å². The highest BCUT2D eigenvalue weighted by molar-refractivity contribution is 5.58. The molecule has 19 heavy (non-hydrogen) atoms. The first-order valence-electron chi connectivity index (χ1n) is 5.38. The van der Waals surface area contributed by atoms with Gasteiger partial charge in [0.2, 0.25) is 5.88 Å². The summed E-state index contributed by atoms with van der Waals surface area (Å²) >= 11 is 0. The zero-order valence-electron chi connectivity index (χ0n) is 9.89. The zero-order valence-corrected chi connectivity index (χ0v) is 9.89. The van der Waals surface area contributed by atoms with Crippen LogP contribution in [0.2, 0.25) is 0 Å². The van der Waals surface area contributed by atoms with Crippen LogP contribution >= 0.6 is 0 Å². The number of nitro groups is 1. The Kier molecular flexibility index (Phi) is 3.46. The van der Waals surface area contributed by atoms with E-state index in [1.54, 1.807) is 12.1 Å². The number of hydrogen-bond donors (Lipinski definition) is 1. The average molecular weight is 261 g/mol. The summed E-state index contributed by atoms with van der Waals surface area (Å²) in [6.45, 7) is 3.58. The second-order valence-corrected chi connectivity index (χ2v) is 3.67. The first-order chi connectivity index (χ1) is 9.11. The van der Waals surface area contributed by atoms with E-state index in [0.29, 0.717) is 16.0 Å². The number of rotatable bonds is 5. The van der Waals surface area contributed by atoms with Gasteiger partial charge in [-0.2, -0.15) is 0 Å². The van der Waals surface area contributed by atoms with Crippen LogP contribution in [0.4, 0.5) is 5.69 Å². The zero-order chi connectivity index (χ0) is 13.8. The van der Waals surface area contributed by atoms with E-state index in [-0.39, 0.29) is 18.2 Å². The molecule has 0 saturated heterocycles. The number of ether oxygens (including phenoxy) is 1. The van der Waals surface area contributed by atoms with Crippen molar-refractivity contribution in [1.29, 1.82) is 0 Å². The summed E-state index contributed by atoms with van der Waals surface area (Å²) in [4.78, 5) is 11.1. The highest BCUT2D eigenvalue weighted by atomic mass is 16.6. The van der Waals surface area contributed by atoms with Crippen LogP contribution in [0, 0.1) is 10.1 Å². The van der Waals surface area contributed by atoms with Crippen LogP contribution in [-0.4, -0.2) is 20.1 Å². The van der Waals surface area contributed by atoms with Crippen molar-refractivity contribution in [3.8, 4) is 5.88 Å². The Hall–Kier alpha value is -2.83. The summed E-state index contributed by atoms with van der Waals surface area (Å²) in [6, 6.07) is 6.14. The van der Waals surface area contributed by atoms with Crippen LogP contribution in [0.25, 0.3) is 6.08 Å². The van der Waals surface area contributed by atoms with Gasteiger partial charge in [-0.15, -0.1) is 4.85 Å². The van der Waals surface area contributed by atoms with Crippen molar-refractivity contribution in [3.05, 3.63) is 58.3 Å². The van der Waals surface area contributed by atoms with E-state index in [1.165, 1.54) is 24.4 Å².